The van der Waals surface area contributed by atoms with Gasteiger partial charge in [-0.25, -0.2) is 9.18 Å². The summed E-state index contributed by atoms with van der Waals surface area (Å²) in [5.74, 6) is -1.43. The standard InChI is InChI=1S/C15H14FNO3/c1-20-15(19)11-4-2-10(3-5-11)9-17-12-6-7-14(18)13(16)8-12/h2-8,17-18H,9H2,1H3. The first-order valence-electron chi connectivity index (χ1n) is 6.00. The number of hydrogen-bond donors (Lipinski definition) is 2. The number of anilines is 1. The molecule has 0 radical (unpaired) electrons. The molecule has 0 aromatic heterocycles. The fraction of sp³-hybridized carbons (Fsp3) is 0.133. The summed E-state index contributed by atoms with van der Waals surface area (Å²) in [7, 11) is 1.33. The Morgan fingerprint density at radius 2 is 1.95 bits per heavy atom. The van der Waals surface area contributed by atoms with Crippen molar-refractivity contribution >= 4 is 11.7 Å². The van der Waals surface area contributed by atoms with E-state index >= 15 is 0 Å². The number of rotatable bonds is 4. The number of phenolic OH excluding ortho intramolecular Hbond substituents is 1. The second-order valence-corrected chi connectivity index (χ2v) is 4.21. The minimum Gasteiger partial charge on any atom is -0.505 e. The molecule has 5 heteroatoms. The fourth-order valence-electron chi connectivity index (χ4n) is 1.70. The normalized spacial score (nSPS) is 10.1. The van der Waals surface area contributed by atoms with Crippen LogP contribution >= 0.6 is 0 Å². The number of benzene rings is 2. The number of carbonyl (C=O) groups is 1. The van der Waals surface area contributed by atoms with E-state index < -0.39 is 5.82 Å². The number of esters is 1. The summed E-state index contributed by atoms with van der Waals surface area (Å²) in [6, 6.07) is 11.0. The van der Waals surface area contributed by atoms with Gasteiger partial charge in [-0.05, 0) is 29.8 Å². The number of hydrogen-bond acceptors (Lipinski definition) is 4. The molecule has 0 saturated heterocycles. The fourth-order valence-corrected chi connectivity index (χ4v) is 1.70. The highest BCUT2D eigenvalue weighted by Gasteiger charge is 2.05. The van der Waals surface area contributed by atoms with Crippen molar-refractivity contribution < 1.29 is 19.0 Å². The lowest BCUT2D eigenvalue weighted by Gasteiger charge is -2.08. The highest BCUT2D eigenvalue weighted by molar-refractivity contribution is 5.89. The summed E-state index contributed by atoms with van der Waals surface area (Å²) < 4.78 is 17.8. The second kappa shape index (κ2) is 6.06. The first-order chi connectivity index (χ1) is 9.60. The second-order valence-electron chi connectivity index (χ2n) is 4.21. The van der Waals surface area contributed by atoms with Crippen LogP contribution in [0.1, 0.15) is 15.9 Å². The molecule has 0 aliphatic heterocycles. The highest BCUT2D eigenvalue weighted by atomic mass is 19.1. The SMILES string of the molecule is COC(=O)c1ccc(CNc2ccc(O)c(F)c2)cc1. The van der Waals surface area contributed by atoms with Crippen molar-refractivity contribution in [3.63, 3.8) is 0 Å². The lowest BCUT2D eigenvalue weighted by Crippen LogP contribution is -2.03. The van der Waals surface area contributed by atoms with Gasteiger partial charge in [0.05, 0.1) is 12.7 Å². The van der Waals surface area contributed by atoms with Gasteiger partial charge in [0, 0.05) is 18.3 Å². The largest absolute Gasteiger partial charge is 0.505 e. The average molecular weight is 275 g/mol. The van der Waals surface area contributed by atoms with Crippen LogP contribution in [0.4, 0.5) is 10.1 Å². The van der Waals surface area contributed by atoms with Crippen molar-refractivity contribution in [2.75, 3.05) is 12.4 Å². The molecule has 0 atom stereocenters. The molecule has 104 valence electrons. The molecule has 4 nitrogen and oxygen atoms in total. The van der Waals surface area contributed by atoms with E-state index in [0.717, 1.165) is 5.56 Å². The van der Waals surface area contributed by atoms with Crippen molar-refractivity contribution in [1.82, 2.24) is 0 Å². The van der Waals surface area contributed by atoms with Gasteiger partial charge in [0.15, 0.2) is 11.6 Å². The molecule has 2 rings (SSSR count). The Labute approximate surface area is 115 Å². The number of methoxy groups -OCH3 is 1. The van der Waals surface area contributed by atoms with E-state index in [4.69, 9.17) is 5.11 Å². The number of nitrogens with one attached hydrogen (secondary N) is 1. The molecule has 2 N–H and O–H groups in total. The summed E-state index contributed by atoms with van der Waals surface area (Å²) in [4.78, 5) is 11.3. The van der Waals surface area contributed by atoms with Crippen molar-refractivity contribution in [3.05, 3.63) is 59.4 Å². The zero-order valence-electron chi connectivity index (χ0n) is 10.9. The van der Waals surface area contributed by atoms with Gasteiger partial charge in [0.1, 0.15) is 0 Å². The minimum absolute atomic E-state index is 0.377. The Kier molecular flexibility index (Phi) is 4.20. The Hall–Kier alpha value is -2.56. The van der Waals surface area contributed by atoms with E-state index in [1.165, 1.54) is 19.2 Å². The Morgan fingerprint density at radius 1 is 1.25 bits per heavy atom. The summed E-state index contributed by atoms with van der Waals surface area (Å²) >= 11 is 0. The van der Waals surface area contributed by atoms with Crippen LogP contribution < -0.4 is 5.32 Å². The third kappa shape index (κ3) is 3.26. The summed E-state index contributed by atoms with van der Waals surface area (Å²) in [6.45, 7) is 0.478. The molecule has 0 spiro atoms. The van der Waals surface area contributed by atoms with Gasteiger partial charge in [-0.2, -0.15) is 0 Å². The monoisotopic (exact) mass is 275 g/mol. The van der Waals surface area contributed by atoms with E-state index in [-0.39, 0.29) is 11.7 Å². The van der Waals surface area contributed by atoms with Crippen molar-refractivity contribution in [1.29, 1.82) is 0 Å². The maximum absolute atomic E-state index is 13.1. The molecule has 2 aromatic carbocycles. The van der Waals surface area contributed by atoms with Crippen LogP contribution in [0.5, 0.6) is 5.75 Å². The summed E-state index contributed by atoms with van der Waals surface area (Å²) in [6.07, 6.45) is 0. The molecule has 0 heterocycles. The van der Waals surface area contributed by atoms with Gasteiger partial charge in [0.2, 0.25) is 0 Å². The van der Waals surface area contributed by atoms with Gasteiger partial charge in [-0.3, -0.25) is 0 Å². The van der Waals surface area contributed by atoms with Crippen LogP contribution in [0, 0.1) is 5.82 Å². The molecule has 0 aliphatic rings. The molecule has 0 aliphatic carbocycles. The van der Waals surface area contributed by atoms with E-state index in [0.29, 0.717) is 17.8 Å². The first kappa shape index (κ1) is 13.9. The van der Waals surface area contributed by atoms with Crippen LogP contribution in [-0.4, -0.2) is 18.2 Å². The number of ether oxygens (including phenoxy) is 1. The van der Waals surface area contributed by atoms with Crippen LogP contribution in [0.15, 0.2) is 42.5 Å². The van der Waals surface area contributed by atoms with Crippen molar-refractivity contribution in [3.8, 4) is 5.75 Å². The van der Waals surface area contributed by atoms with Crippen LogP contribution in [0.3, 0.4) is 0 Å². The van der Waals surface area contributed by atoms with Crippen LogP contribution in [0.2, 0.25) is 0 Å². The van der Waals surface area contributed by atoms with Gasteiger partial charge < -0.3 is 15.2 Å². The summed E-state index contributed by atoms with van der Waals surface area (Å²) in [5.41, 5.74) is 1.98. The number of phenols is 1. The lowest BCUT2D eigenvalue weighted by molar-refractivity contribution is 0.0600. The zero-order valence-corrected chi connectivity index (χ0v) is 10.9. The van der Waals surface area contributed by atoms with Crippen LogP contribution in [0.25, 0.3) is 0 Å². The Morgan fingerprint density at radius 3 is 2.55 bits per heavy atom. The number of carbonyl (C=O) groups excluding carboxylic acids is 1. The van der Waals surface area contributed by atoms with E-state index in [9.17, 15) is 9.18 Å². The van der Waals surface area contributed by atoms with Gasteiger partial charge >= 0.3 is 5.97 Å². The van der Waals surface area contributed by atoms with E-state index in [1.54, 1.807) is 30.3 Å². The molecule has 2 aromatic rings. The topological polar surface area (TPSA) is 58.6 Å². The smallest absolute Gasteiger partial charge is 0.337 e. The van der Waals surface area contributed by atoms with E-state index in [1.807, 2.05) is 0 Å². The van der Waals surface area contributed by atoms with Gasteiger partial charge in [-0.15, -0.1) is 0 Å². The molecule has 20 heavy (non-hydrogen) atoms. The molecular weight excluding hydrogens is 261 g/mol. The summed E-state index contributed by atoms with van der Waals surface area (Å²) in [5, 5.41) is 12.1. The van der Waals surface area contributed by atoms with E-state index in [2.05, 4.69) is 10.1 Å². The quantitative estimate of drug-likeness (QED) is 0.665. The van der Waals surface area contributed by atoms with Crippen molar-refractivity contribution in [2.45, 2.75) is 6.54 Å². The van der Waals surface area contributed by atoms with Gasteiger partial charge in [-0.1, -0.05) is 12.1 Å². The zero-order chi connectivity index (χ0) is 14.5. The number of aromatic hydroxyl groups is 1. The van der Waals surface area contributed by atoms with Crippen LogP contribution in [-0.2, 0) is 11.3 Å². The predicted octanol–water partition coefficient (Wildman–Crippen LogP) is 2.93. The third-order valence-electron chi connectivity index (χ3n) is 2.82. The minimum atomic E-state index is -0.670. The Bertz CT molecular complexity index is 611. The predicted molar refractivity (Wildman–Crippen MR) is 73.2 cm³/mol. The average Bonchev–Trinajstić information content (AvgIpc) is 2.48. The first-order valence-corrected chi connectivity index (χ1v) is 6.00. The molecule has 0 bridgehead atoms. The lowest BCUT2D eigenvalue weighted by atomic mass is 10.1. The third-order valence-corrected chi connectivity index (χ3v) is 2.82. The maximum Gasteiger partial charge on any atom is 0.337 e. The maximum atomic E-state index is 13.1. The Balaban J connectivity index is 2.00. The molecule has 0 unspecified atom stereocenters. The number of halogens is 1. The molecule has 0 fully saturated rings. The molecular formula is C15H14FNO3. The highest BCUT2D eigenvalue weighted by Crippen LogP contribution is 2.19. The van der Waals surface area contributed by atoms with Gasteiger partial charge in [0.25, 0.3) is 0 Å². The molecule has 0 saturated carbocycles. The van der Waals surface area contributed by atoms with Crippen molar-refractivity contribution in [2.24, 2.45) is 0 Å². The molecule has 0 amide bonds.